The maximum atomic E-state index is 8.62. The molecule has 1 heteroatoms. The van der Waals surface area contributed by atoms with Crippen molar-refractivity contribution in [3.63, 3.8) is 0 Å². The van der Waals surface area contributed by atoms with E-state index in [2.05, 4.69) is 20.8 Å². The molecule has 0 aliphatic carbocycles. The number of rotatable bonds is 8. The van der Waals surface area contributed by atoms with Gasteiger partial charge in [0, 0.05) is 6.61 Å². The third kappa shape index (κ3) is 7.06. The second-order valence-electron chi connectivity index (χ2n) is 4.32. The summed E-state index contributed by atoms with van der Waals surface area (Å²) >= 11 is 0. The van der Waals surface area contributed by atoms with Gasteiger partial charge >= 0.3 is 0 Å². The average molecular weight is 186 g/mol. The Kier molecular flexibility index (Phi) is 8.53. The van der Waals surface area contributed by atoms with Crippen LogP contribution < -0.4 is 0 Å². The van der Waals surface area contributed by atoms with Crippen LogP contribution in [-0.2, 0) is 0 Å². The van der Waals surface area contributed by atoms with E-state index in [4.69, 9.17) is 5.11 Å². The fourth-order valence-corrected chi connectivity index (χ4v) is 1.78. The molecule has 0 fully saturated rings. The minimum atomic E-state index is 0.360. The summed E-state index contributed by atoms with van der Waals surface area (Å²) in [5.41, 5.74) is 0. The standard InChI is InChI=1S/C12H26O/c1-4-8-11(2)12(3)9-6-5-7-10-13/h11-13H,4-10H2,1-3H3. The van der Waals surface area contributed by atoms with E-state index in [0.29, 0.717) is 6.61 Å². The molecule has 0 saturated carbocycles. The lowest BCUT2D eigenvalue weighted by molar-refractivity contribution is 0.275. The molecule has 0 bridgehead atoms. The molecule has 0 amide bonds. The van der Waals surface area contributed by atoms with Gasteiger partial charge in [-0.2, -0.15) is 0 Å². The molecule has 80 valence electrons. The first-order valence-electron chi connectivity index (χ1n) is 5.83. The number of hydrogen-bond donors (Lipinski definition) is 1. The number of aliphatic hydroxyl groups is 1. The highest BCUT2D eigenvalue weighted by atomic mass is 16.2. The zero-order chi connectivity index (χ0) is 10.1. The average Bonchev–Trinajstić information content (AvgIpc) is 2.12. The van der Waals surface area contributed by atoms with E-state index in [0.717, 1.165) is 18.3 Å². The van der Waals surface area contributed by atoms with Crippen molar-refractivity contribution in [1.82, 2.24) is 0 Å². The van der Waals surface area contributed by atoms with Gasteiger partial charge in [0.05, 0.1) is 0 Å². The Balaban J connectivity index is 3.32. The van der Waals surface area contributed by atoms with E-state index in [1.165, 1.54) is 32.1 Å². The monoisotopic (exact) mass is 186 g/mol. The molecule has 0 aromatic heterocycles. The molecule has 1 N–H and O–H groups in total. The lowest BCUT2D eigenvalue weighted by Gasteiger charge is -2.18. The van der Waals surface area contributed by atoms with Gasteiger partial charge in [-0.25, -0.2) is 0 Å². The summed E-state index contributed by atoms with van der Waals surface area (Å²) in [6.45, 7) is 7.34. The largest absolute Gasteiger partial charge is 0.396 e. The Bertz CT molecular complexity index is 101. The van der Waals surface area contributed by atoms with Gasteiger partial charge in [-0.1, -0.05) is 52.9 Å². The van der Waals surface area contributed by atoms with E-state index >= 15 is 0 Å². The van der Waals surface area contributed by atoms with Crippen molar-refractivity contribution in [2.75, 3.05) is 6.61 Å². The summed E-state index contributed by atoms with van der Waals surface area (Å²) in [4.78, 5) is 0. The van der Waals surface area contributed by atoms with Crippen LogP contribution in [0.15, 0.2) is 0 Å². The predicted molar refractivity (Wildman–Crippen MR) is 58.8 cm³/mol. The maximum Gasteiger partial charge on any atom is 0.0431 e. The van der Waals surface area contributed by atoms with Gasteiger partial charge < -0.3 is 5.11 Å². The smallest absolute Gasteiger partial charge is 0.0431 e. The minimum Gasteiger partial charge on any atom is -0.396 e. The Labute approximate surface area is 83.5 Å². The fourth-order valence-electron chi connectivity index (χ4n) is 1.78. The molecule has 0 saturated heterocycles. The van der Waals surface area contributed by atoms with E-state index in [1.54, 1.807) is 0 Å². The van der Waals surface area contributed by atoms with Gasteiger partial charge in [0.15, 0.2) is 0 Å². The number of hydrogen-bond acceptors (Lipinski definition) is 1. The van der Waals surface area contributed by atoms with Crippen LogP contribution >= 0.6 is 0 Å². The van der Waals surface area contributed by atoms with Crippen molar-refractivity contribution in [1.29, 1.82) is 0 Å². The van der Waals surface area contributed by atoms with Crippen LogP contribution in [0.3, 0.4) is 0 Å². The van der Waals surface area contributed by atoms with E-state index in [9.17, 15) is 0 Å². The van der Waals surface area contributed by atoms with Crippen LogP contribution in [0.1, 0.15) is 59.3 Å². The summed E-state index contributed by atoms with van der Waals surface area (Å²) < 4.78 is 0. The number of unbranched alkanes of at least 4 members (excludes halogenated alkanes) is 2. The summed E-state index contributed by atoms with van der Waals surface area (Å²) in [7, 11) is 0. The van der Waals surface area contributed by atoms with Gasteiger partial charge in [-0.05, 0) is 18.3 Å². The van der Waals surface area contributed by atoms with Gasteiger partial charge in [0.2, 0.25) is 0 Å². The summed E-state index contributed by atoms with van der Waals surface area (Å²) in [6, 6.07) is 0. The summed E-state index contributed by atoms with van der Waals surface area (Å²) in [5, 5.41) is 8.62. The summed E-state index contributed by atoms with van der Waals surface area (Å²) in [6.07, 6.45) is 7.47. The lowest BCUT2D eigenvalue weighted by atomic mass is 9.88. The van der Waals surface area contributed by atoms with Crippen LogP contribution in [0.5, 0.6) is 0 Å². The normalized spacial score (nSPS) is 15.7. The topological polar surface area (TPSA) is 20.2 Å². The van der Waals surface area contributed by atoms with Crippen LogP contribution in [0.25, 0.3) is 0 Å². The van der Waals surface area contributed by atoms with Gasteiger partial charge in [0.25, 0.3) is 0 Å². The van der Waals surface area contributed by atoms with Gasteiger partial charge in [0.1, 0.15) is 0 Å². The fraction of sp³-hybridized carbons (Fsp3) is 1.00. The first-order chi connectivity index (χ1) is 6.22. The first-order valence-corrected chi connectivity index (χ1v) is 5.83. The van der Waals surface area contributed by atoms with Crippen LogP contribution in [0.2, 0.25) is 0 Å². The quantitative estimate of drug-likeness (QED) is 0.574. The van der Waals surface area contributed by atoms with Crippen LogP contribution in [0, 0.1) is 11.8 Å². The van der Waals surface area contributed by atoms with E-state index < -0.39 is 0 Å². The minimum absolute atomic E-state index is 0.360. The van der Waals surface area contributed by atoms with Crippen LogP contribution in [0.4, 0.5) is 0 Å². The third-order valence-electron chi connectivity index (χ3n) is 3.03. The van der Waals surface area contributed by atoms with Gasteiger partial charge in [-0.15, -0.1) is 0 Å². The Morgan fingerprint density at radius 3 is 2.08 bits per heavy atom. The second kappa shape index (κ2) is 8.55. The molecular formula is C12H26O. The second-order valence-corrected chi connectivity index (χ2v) is 4.32. The maximum absolute atomic E-state index is 8.62. The molecule has 2 atom stereocenters. The Hall–Kier alpha value is -0.0400. The number of aliphatic hydroxyl groups excluding tert-OH is 1. The van der Waals surface area contributed by atoms with Crippen molar-refractivity contribution < 1.29 is 5.11 Å². The SMILES string of the molecule is CCCC(C)C(C)CCCCCO. The van der Waals surface area contributed by atoms with Crippen LogP contribution in [-0.4, -0.2) is 11.7 Å². The van der Waals surface area contributed by atoms with Crippen molar-refractivity contribution in [2.45, 2.75) is 59.3 Å². The van der Waals surface area contributed by atoms with Crippen molar-refractivity contribution >= 4 is 0 Å². The molecule has 0 aliphatic rings. The van der Waals surface area contributed by atoms with E-state index in [1.807, 2.05) is 0 Å². The molecule has 2 unspecified atom stereocenters. The highest BCUT2D eigenvalue weighted by Crippen LogP contribution is 2.22. The molecule has 0 rings (SSSR count). The first kappa shape index (κ1) is 13.0. The highest BCUT2D eigenvalue weighted by molar-refractivity contribution is 4.61. The zero-order valence-corrected chi connectivity index (χ0v) is 9.55. The van der Waals surface area contributed by atoms with Crippen molar-refractivity contribution in [3.05, 3.63) is 0 Å². The van der Waals surface area contributed by atoms with Crippen molar-refractivity contribution in [2.24, 2.45) is 11.8 Å². The molecule has 0 radical (unpaired) electrons. The lowest BCUT2D eigenvalue weighted by Crippen LogP contribution is -2.07. The summed E-state index contributed by atoms with van der Waals surface area (Å²) in [5.74, 6) is 1.73. The Morgan fingerprint density at radius 1 is 0.923 bits per heavy atom. The van der Waals surface area contributed by atoms with Crippen molar-refractivity contribution in [3.8, 4) is 0 Å². The molecule has 0 aromatic carbocycles. The molecule has 13 heavy (non-hydrogen) atoms. The van der Waals surface area contributed by atoms with Gasteiger partial charge in [-0.3, -0.25) is 0 Å². The Morgan fingerprint density at radius 2 is 1.54 bits per heavy atom. The van der Waals surface area contributed by atoms with E-state index in [-0.39, 0.29) is 0 Å². The predicted octanol–water partition coefficient (Wildman–Crippen LogP) is 3.61. The molecule has 1 nitrogen and oxygen atoms in total. The molecule has 0 aromatic rings. The molecule has 0 heterocycles. The molecular weight excluding hydrogens is 160 g/mol. The molecule has 0 aliphatic heterocycles. The zero-order valence-electron chi connectivity index (χ0n) is 9.55. The molecule has 0 spiro atoms. The highest BCUT2D eigenvalue weighted by Gasteiger charge is 2.10. The third-order valence-corrected chi connectivity index (χ3v) is 3.03.